The van der Waals surface area contributed by atoms with Crippen LogP contribution in [0.1, 0.15) is 25.0 Å². The Hall–Kier alpha value is -1.69. The van der Waals surface area contributed by atoms with Crippen molar-refractivity contribution in [2.24, 2.45) is 5.73 Å². The number of rotatable bonds is 4. The Bertz CT molecular complexity index is 471. The first-order chi connectivity index (χ1) is 9.16. The van der Waals surface area contributed by atoms with E-state index in [1.54, 1.807) is 18.3 Å². The maximum atomic E-state index is 12.0. The molecule has 0 bridgehead atoms. The molecule has 1 aromatic rings. The molecule has 102 valence electrons. The maximum Gasteiger partial charge on any atom is 0.241 e. The van der Waals surface area contributed by atoms with Crippen LogP contribution in [-0.2, 0) is 4.79 Å². The van der Waals surface area contributed by atoms with E-state index in [0.29, 0.717) is 12.2 Å². The van der Waals surface area contributed by atoms with Crippen molar-refractivity contribution in [3.63, 3.8) is 0 Å². The third-order valence-corrected chi connectivity index (χ3v) is 3.37. The minimum absolute atomic E-state index is 0.133. The van der Waals surface area contributed by atoms with E-state index in [9.17, 15) is 4.79 Å². The van der Waals surface area contributed by atoms with Gasteiger partial charge in [0, 0.05) is 25.0 Å². The molecule has 1 aliphatic rings. The molecule has 0 saturated carbocycles. The summed E-state index contributed by atoms with van der Waals surface area (Å²) in [4.78, 5) is 18.2. The van der Waals surface area contributed by atoms with Crippen LogP contribution in [0.5, 0.6) is 0 Å². The summed E-state index contributed by atoms with van der Waals surface area (Å²) in [5.74, 6) is 0.133. The zero-order chi connectivity index (χ0) is 13.7. The maximum absolute atomic E-state index is 12.0. The topological polar surface area (TPSA) is 71.2 Å². The predicted octanol–water partition coefficient (Wildman–Crippen LogP) is 1.14. The standard InChI is InChI=1S/C13H18N4OS/c14-13(19)11-8-10(4-5-15-11)16-9-12(18)17-6-2-1-3-7-17/h4-5,8H,1-3,6-7,9H2,(H2,14,19)(H,15,16). The van der Waals surface area contributed by atoms with E-state index in [1.807, 2.05) is 4.90 Å². The van der Waals surface area contributed by atoms with E-state index >= 15 is 0 Å². The summed E-state index contributed by atoms with van der Waals surface area (Å²) in [6.07, 6.45) is 5.06. The highest BCUT2D eigenvalue weighted by atomic mass is 32.1. The molecule has 1 aromatic heterocycles. The van der Waals surface area contributed by atoms with Gasteiger partial charge in [-0.25, -0.2) is 0 Å². The number of carbonyl (C=O) groups is 1. The van der Waals surface area contributed by atoms with Gasteiger partial charge in [-0.05, 0) is 31.4 Å². The van der Waals surface area contributed by atoms with Crippen LogP contribution in [0, 0.1) is 0 Å². The van der Waals surface area contributed by atoms with E-state index in [-0.39, 0.29) is 10.9 Å². The van der Waals surface area contributed by atoms with E-state index in [1.165, 1.54) is 6.42 Å². The third kappa shape index (κ3) is 3.89. The number of hydrogen-bond acceptors (Lipinski definition) is 4. The van der Waals surface area contributed by atoms with Crippen molar-refractivity contribution in [1.82, 2.24) is 9.88 Å². The van der Waals surface area contributed by atoms with Gasteiger partial charge in [0.25, 0.3) is 0 Å². The van der Waals surface area contributed by atoms with Gasteiger partial charge in [-0.2, -0.15) is 0 Å². The average Bonchev–Trinajstić information content (AvgIpc) is 2.46. The first-order valence-electron chi connectivity index (χ1n) is 6.44. The molecule has 0 radical (unpaired) electrons. The Kier molecular flexibility index (Phi) is 4.68. The summed E-state index contributed by atoms with van der Waals surface area (Å²) in [6, 6.07) is 3.55. The summed E-state index contributed by atoms with van der Waals surface area (Å²) in [6.45, 7) is 2.03. The summed E-state index contributed by atoms with van der Waals surface area (Å²) in [7, 11) is 0. The van der Waals surface area contributed by atoms with E-state index in [2.05, 4.69) is 10.3 Å². The minimum atomic E-state index is 0.133. The second-order valence-corrected chi connectivity index (χ2v) is 5.03. The molecular weight excluding hydrogens is 260 g/mol. The number of nitrogens with two attached hydrogens (primary N) is 1. The van der Waals surface area contributed by atoms with Crippen molar-refractivity contribution in [3.8, 4) is 0 Å². The Morgan fingerprint density at radius 3 is 2.84 bits per heavy atom. The van der Waals surface area contributed by atoms with Crippen molar-refractivity contribution >= 4 is 28.8 Å². The van der Waals surface area contributed by atoms with Crippen LogP contribution in [-0.4, -0.2) is 40.4 Å². The number of likely N-dealkylation sites (tertiary alicyclic amines) is 1. The SMILES string of the molecule is NC(=S)c1cc(NCC(=O)N2CCCCC2)ccn1. The number of nitrogens with zero attached hydrogens (tertiary/aromatic N) is 2. The van der Waals surface area contributed by atoms with Crippen LogP contribution in [0.4, 0.5) is 5.69 Å². The molecule has 1 amide bonds. The van der Waals surface area contributed by atoms with Crippen LogP contribution in [0.3, 0.4) is 0 Å². The lowest BCUT2D eigenvalue weighted by atomic mass is 10.1. The number of piperidine rings is 1. The minimum Gasteiger partial charge on any atom is -0.388 e. The molecule has 0 aromatic carbocycles. The number of amides is 1. The van der Waals surface area contributed by atoms with Crippen LogP contribution in [0.2, 0.25) is 0 Å². The Labute approximate surface area is 118 Å². The number of aromatic nitrogens is 1. The van der Waals surface area contributed by atoms with Gasteiger partial charge in [-0.1, -0.05) is 12.2 Å². The molecule has 0 aliphatic carbocycles. The largest absolute Gasteiger partial charge is 0.388 e. The second-order valence-electron chi connectivity index (χ2n) is 4.59. The molecular formula is C13H18N4OS. The number of anilines is 1. The fourth-order valence-electron chi connectivity index (χ4n) is 2.11. The lowest BCUT2D eigenvalue weighted by Crippen LogP contribution is -2.39. The monoisotopic (exact) mass is 278 g/mol. The quantitative estimate of drug-likeness (QED) is 0.808. The predicted molar refractivity (Wildman–Crippen MR) is 79.0 cm³/mol. The highest BCUT2D eigenvalue weighted by Crippen LogP contribution is 2.10. The lowest BCUT2D eigenvalue weighted by Gasteiger charge is -2.26. The molecule has 1 fully saturated rings. The number of pyridine rings is 1. The Balaban J connectivity index is 1.89. The van der Waals surface area contributed by atoms with Crippen molar-refractivity contribution in [3.05, 3.63) is 24.0 Å². The number of thiocarbonyl (C=S) groups is 1. The van der Waals surface area contributed by atoms with Crippen molar-refractivity contribution in [2.45, 2.75) is 19.3 Å². The summed E-state index contributed by atoms with van der Waals surface area (Å²) in [5.41, 5.74) is 6.89. The molecule has 1 aliphatic heterocycles. The van der Waals surface area contributed by atoms with Crippen LogP contribution >= 0.6 is 12.2 Å². The first kappa shape index (κ1) is 13.7. The van der Waals surface area contributed by atoms with Gasteiger partial charge in [0.1, 0.15) is 4.99 Å². The van der Waals surface area contributed by atoms with Gasteiger partial charge in [-0.3, -0.25) is 9.78 Å². The van der Waals surface area contributed by atoms with Gasteiger partial charge in [0.15, 0.2) is 0 Å². The Morgan fingerprint density at radius 2 is 2.16 bits per heavy atom. The molecule has 5 nitrogen and oxygen atoms in total. The molecule has 0 atom stereocenters. The smallest absolute Gasteiger partial charge is 0.241 e. The molecule has 1 saturated heterocycles. The van der Waals surface area contributed by atoms with Gasteiger partial charge < -0.3 is 16.0 Å². The van der Waals surface area contributed by atoms with Crippen molar-refractivity contribution in [2.75, 3.05) is 25.0 Å². The van der Waals surface area contributed by atoms with Gasteiger partial charge in [0.05, 0.1) is 12.2 Å². The van der Waals surface area contributed by atoms with Crippen LogP contribution in [0.15, 0.2) is 18.3 Å². The summed E-state index contributed by atoms with van der Waals surface area (Å²) in [5, 5.41) is 3.09. The number of carbonyl (C=O) groups excluding carboxylic acids is 1. The number of hydrogen-bond donors (Lipinski definition) is 2. The molecule has 19 heavy (non-hydrogen) atoms. The second kappa shape index (κ2) is 6.47. The molecule has 2 heterocycles. The van der Waals surface area contributed by atoms with E-state index in [0.717, 1.165) is 31.6 Å². The third-order valence-electron chi connectivity index (χ3n) is 3.16. The molecule has 0 spiro atoms. The van der Waals surface area contributed by atoms with Crippen LogP contribution in [0.25, 0.3) is 0 Å². The zero-order valence-corrected chi connectivity index (χ0v) is 11.6. The zero-order valence-electron chi connectivity index (χ0n) is 10.8. The summed E-state index contributed by atoms with van der Waals surface area (Å²) < 4.78 is 0. The van der Waals surface area contributed by atoms with Crippen molar-refractivity contribution < 1.29 is 4.79 Å². The molecule has 0 unspecified atom stereocenters. The Morgan fingerprint density at radius 1 is 1.42 bits per heavy atom. The van der Waals surface area contributed by atoms with E-state index in [4.69, 9.17) is 18.0 Å². The van der Waals surface area contributed by atoms with E-state index < -0.39 is 0 Å². The first-order valence-corrected chi connectivity index (χ1v) is 6.85. The molecule has 6 heteroatoms. The molecule has 3 N–H and O–H groups in total. The highest BCUT2D eigenvalue weighted by molar-refractivity contribution is 7.80. The lowest BCUT2D eigenvalue weighted by molar-refractivity contribution is -0.130. The van der Waals surface area contributed by atoms with Crippen LogP contribution < -0.4 is 11.1 Å². The van der Waals surface area contributed by atoms with Gasteiger partial charge >= 0.3 is 0 Å². The fraction of sp³-hybridized carbons (Fsp3) is 0.462. The van der Waals surface area contributed by atoms with Crippen molar-refractivity contribution in [1.29, 1.82) is 0 Å². The van der Waals surface area contributed by atoms with Gasteiger partial charge in [-0.15, -0.1) is 0 Å². The highest BCUT2D eigenvalue weighted by Gasteiger charge is 2.15. The number of nitrogens with one attached hydrogen (secondary N) is 1. The normalized spacial score (nSPS) is 15.1. The average molecular weight is 278 g/mol. The summed E-state index contributed by atoms with van der Waals surface area (Å²) >= 11 is 4.87. The molecule has 2 rings (SSSR count). The van der Waals surface area contributed by atoms with Gasteiger partial charge in [0.2, 0.25) is 5.91 Å². The fourth-order valence-corrected chi connectivity index (χ4v) is 2.22.